The molecular weight excluding hydrogens is 499 g/mol. The second kappa shape index (κ2) is 17.8. The van der Waals surface area contributed by atoms with E-state index in [1.54, 1.807) is 28.8 Å². The summed E-state index contributed by atoms with van der Waals surface area (Å²) in [6.07, 6.45) is 1.82. The number of likely N-dealkylation sites (tertiary alicyclic amines) is 2. The molecule has 3 amide bonds. The molecular formula is C26H51FN4O7. The number of halogens is 1. The van der Waals surface area contributed by atoms with Crippen LogP contribution < -0.4 is 5.73 Å². The fraction of sp³-hybridized carbons (Fsp3) is 0.846. The summed E-state index contributed by atoms with van der Waals surface area (Å²) < 4.78 is 26.0. The first-order chi connectivity index (χ1) is 17.9. The highest BCUT2D eigenvalue weighted by atomic mass is 19.1. The Labute approximate surface area is 229 Å². The maximum absolute atomic E-state index is 11.8. The van der Waals surface area contributed by atoms with Crippen LogP contribution >= 0.6 is 0 Å². The van der Waals surface area contributed by atoms with Gasteiger partial charge in [-0.15, -0.1) is 0 Å². The Kier molecular flexibility index (Phi) is 16.6. The summed E-state index contributed by atoms with van der Waals surface area (Å²) in [6, 6.07) is 0. The van der Waals surface area contributed by atoms with Gasteiger partial charge in [-0.2, -0.15) is 0 Å². The molecule has 2 fully saturated rings. The van der Waals surface area contributed by atoms with Gasteiger partial charge in [0.05, 0.1) is 14.4 Å². The standard InChI is InChI=1S/C13H24N2O3.C11H19NO4.CH3F.CH5N/c1-13(2,3)18-12(17)15-8-6-10(7-9-15)11(16)14(4)5;1-11(2,3)16-10(15)12-6-4-8(5-7-12)9(13)14;2*1-2/h10H,6-9H2,1-5H3;8H,4-7H2,1-3H3,(H,13,14);1H3;2H2,1H3/i;;1D;. The Morgan fingerprint density at radius 1 is 0.816 bits per heavy atom. The first-order valence-corrected chi connectivity index (χ1v) is 12.7. The molecule has 0 aromatic heterocycles. The fourth-order valence-electron chi connectivity index (χ4n) is 3.64. The molecule has 0 atom stereocenters. The van der Waals surface area contributed by atoms with E-state index >= 15 is 0 Å². The number of piperidine rings is 2. The molecule has 0 spiro atoms. The van der Waals surface area contributed by atoms with Crippen LogP contribution in [0.1, 0.15) is 68.6 Å². The van der Waals surface area contributed by atoms with Gasteiger partial charge in [0.25, 0.3) is 0 Å². The van der Waals surface area contributed by atoms with Crippen molar-refractivity contribution < 1.29 is 39.5 Å². The van der Waals surface area contributed by atoms with E-state index in [9.17, 15) is 23.6 Å². The van der Waals surface area contributed by atoms with Crippen LogP contribution in [0.2, 0.25) is 0 Å². The molecule has 0 aliphatic carbocycles. The number of carboxylic acid groups (broad SMARTS) is 1. The number of ether oxygens (including phenoxy) is 2. The molecule has 2 aliphatic rings. The molecule has 0 aromatic rings. The minimum atomic E-state index is -1.00. The lowest BCUT2D eigenvalue weighted by Gasteiger charge is -2.33. The molecule has 2 aliphatic heterocycles. The second-order valence-corrected chi connectivity index (χ2v) is 11.1. The van der Waals surface area contributed by atoms with Gasteiger partial charge in [-0.25, -0.2) is 9.59 Å². The van der Waals surface area contributed by atoms with Crippen LogP contribution in [-0.2, 0) is 19.1 Å². The Hall–Kier alpha value is -2.63. The molecule has 0 saturated carbocycles. The molecule has 12 heteroatoms. The number of carboxylic acids is 1. The number of nitrogens with two attached hydrogens (primary N) is 1. The highest BCUT2D eigenvalue weighted by Gasteiger charge is 2.31. The number of hydrogen-bond donors (Lipinski definition) is 2. The average Bonchev–Trinajstić information content (AvgIpc) is 2.83. The number of rotatable bonds is 2. The summed E-state index contributed by atoms with van der Waals surface area (Å²) in [6.45, 7) is 13.1. The normalized spacial score (nSPS) is 16.7. The molecule has 2 heterocycles. The third-order valence-electron chi connectivity index (χ3n) is 5.43. The molecule has 11 nitrogen and oxygen atoms in total. The Morgan fingerprint density at radius 3 is 1.34 bits per heavy atom. The van der Waals surface area contributed by atoms with E-state index in [2.05, 4.69) is 5.73 Å². The van der Waals surface area contributed by atoms with Crippen molar-refractivity contribution in [2.45, 2.75) is 78.4 Å². The maximum Gasteiger partial charge on any atom is 0.410 e. The number of amides is 3. The van der Waals surface area contributed by atoms with Gasteiger partial charge >= 0.3 is 18.2 Å². The van der Waals surface area contributed by atoms with Crippen LogP contribution in [-0.4, -0.2) is 110 Å². The van der Waals surface area contributed by atoms with E-state index in [1.807, 2.05) is 41.5 Å². The van der Waals surface area contributed by atoms with Crippen molar-refractivity contribution in [3.05, 3.63) is 0 Å². The van der Waals surface area contributed by atoms with Crippen molar-refractivity contribution >= 4 is 24.1 Å². The zero-order valence-corrected chi connectivity index (χ0v) is 24.7. The SMILES string of the molecule is CC(C)(C)OC(=O)N1CCC(C(=O)O)CC1.CN.CN(C)C(=O)C1CCN(C(=O)OC(C)(C)C)CC1.[2H]CF. The van der Waals surface area contributed by atoms with Crippen LogP contribution in [0.15, 0.2) is 0 Å². The first-order valence-electron chi connectivity index (χ1n) is 13.4. The first kappa shape index (κ1) is 35.4. The van der Waals surface area contributed by atoms with Crippen LogP contribution in [0, 0.1) is 11.8 Å². The molecule has 38 heavy (non-hydrogen) atoms. The van der Waals surface area contributed by atoms with Crippen LogP contribution in [0.3, 0.4) is 0 Å². The molecule has 224 valence electrons. The maximum atomic E-state index is 11.8. The zero-order chi connectivity index (χ0) is 31.0. The predicted molar refractivity (Wildman–Crippen MR) is 145 cm³/mol. The number of aliphatic carboxylic acids is 1. The van der Waals surface area contributed by atoms with E-state index in [0.717, 1.165) is 12.8 Å². The third kappa shape index (κ3) is 15.6. The van der Waals surface area contributed by atoms with Gasteiger partial charge in [-0.3, -0.25) is 14.0 Å². The van der Waals surface area contributed by atoms with Crippen molar-refractivity contribution in [1.82, 2.24) is 14.7 Å². The molecule has 2 saturated heterocycles. The lowest BCUT2D eigenvalue weighted by molar-refractivity contribution is -0.143. The smallest absolute Gasteiger partial charge is 0.410 e. The van der Waals surface area contributed by atoms with Gasteiger partial charge in [0.2, 0.25) is 5.91 Å². The lowest BCUT2D eigenvalue weighted by Crippen LogP contribution is -2.44. The zero-order valence-electron chi connectivity index (χ0n) is 25.7. The molecule has 0 bridgehead atoms. The minimum Gasteiger partial charge on any atom is -0.481 e. The van der Waals surface area contributed by atoms with Crippen molar-refractivity contribution in [2.24, 2.45) is 17.6 Å². The Bertz CT molecular complexity index is 742. The van der Waals surface area contributed by atoms with Gasteiger partial charge in [0.15, 0.2) is 0 Å². The highest BCUT2D eigenvalue weighted by Crippen LogP contribution is 2.21. The number of carbonyl (C=O) groups excluding carboxylic acids is 3. The number of alkyl halides is 1. The van der Waals surface area contributed by atoms with E-state index in [-0.39, 0.29) is 29.9 Å². The quantitative estimate of drug-likeness (QED) is 0.530. The highest BCUT2D eigenvalue weighted by molar-refractivity contribution is 5.78. The second-order valence-electron chi connectivity index (χ2n) is 11.1. The van der Waals surface area contributed by atoms with Crippen LogP contribution in [0.5, 0.6) is 0 Å². The predicted octanol–water partition coefficient (Wildman–Crippen LogP) is 3.60. The number of carbonyl (C=O) groups is 4. The van der Waals surface area contributed by atoms with E-state index in [1.165, 1.54) is 7.05 Å². The topological polar surface area (TPSA) is 143 Å². The average molecular weight is 552 g/mol. The summed E-state index contributed by atoms with van der Waals surface area (Å²) >= 11 is 0. The third-order valence-corrected chi connectivity index (χ3v) is 5.43. The lowest BCUT2D eigenvalue weighted by atomic mass is 9.96. The minimum absolute atomic E-state index is 0.0405. The molecule has 3 N–H and O–H groups in total. The van der Waals surface area contributed by atoms with Crippen LogP contribution in [0.25, 0.3) is 0 Å². The van der Waals surface area contributed by atoms with Gasteiger partial charge in [0, 0.05) is 46.2 Å². The summed E-state index contributed by atoms with van der Waals surface area (Å²) in [5, 5.41) is 8.81. The van der Waals surface area contributed by atoms with Crippen molar-refractivity contribution in [2.75, 3.05) is 54.5 Å². The summed E-state index contributed by atoms with van der Waals surface area (Å²) in [5.74, 6) is -0.903. The van der Waals surface area contributed by atoms with Crippen LogP contribution in [0.4, 0.5) is 14.0 Å². The monoisotopic (exact) mass is 551 g/mol. The van der Waals surface area contributed by atoms with Gasteiger partial charge in [0.1, 0.15) is 11.2 Å². The van der Waals surface area contributed by atoms with Gasteiger partial charge in [-0.1, -0.05) is 0 Å². The van der Waals surface area contributed by atoms with Crippen molar-refractivity contribution in [3.8, 4) is 0 Å². The van der Waals surface area contributed by atoms with E-state index < -0.39 is 24.3 Å². The molecule has 0 radical (unpaired) electrons. The van der Waals surface area contributed by atoms with Crippen molar-refractivity contribution in [1.29, 1.82) is 0 Å². The molecule has 2 rings (SSSR count). The Balaban J connectivity index is 0. The molecule has 0 unspecified atom stereocenters. The van der Waals surface area contributed by atoms with Gasteiger partial charge < -0.3 is 35.0 Å². The summed E-state index contributed by atoms with van der Waals surface area (Å²) in [5.41, 5.74) is 3.54. The largest absolute Gasteiger partial charge is 0.481 e. The fourth-order valence-corrected chi connectivity index (χ4v) is 3.64. The summed E-state index contributed by atoms with van der Waals surface area (Å²) in [4.78, 5) is 50.9. The molecule has 0 aromatic carbocycles. The number of hydrogen-bond acceptors (Lipinski definition) is 7. The van der Waals surface area contributed by atoms with E-state index in [0.29, 0.717) is 39.0 Å². The van der Waals surface area contributed by atoms with Gasteiger partial charge in [-0.05, 0) is 74.3 Å². The van der Waals surface area contributed by atoms with Crippen molar-refractivity contribution in [3.63, 3.8) is 0 Å². The number of nitrogens with zero attached hydrogens (tertiary/aromatic N) is 3. The Morgan fingerprint density at radius 2 is 1.11 bits per heavy atom. The van der Waals surface area contributed by atoms with E-state index in [4.69, 9.17) is 16.0 Å². The summed E-state index contributed by atoms with van der Waals surface area (Å²) in [7, 11) is 4.03.